The molecule has 0 unspecified atom stereocenters. The first-order valence-corrected chi connectivity index (χ1v) is 9.84. The Morgan fingerprint density at radius 3 is 2.56 bits per heavy atom. The predicted octanol–water partition coefficient (Wildman–Crippen LogP) is 1.39. The van der Waals surface area contributed by atoms with E-state index in [1.165, 1.54) is 10.7 Å². The number of hydrogen-bond acceptors (Lipinski definition) is 5. The first-order valence-electron chi connectivity index (χ1n) is 8.29. The molecule has 1 aromatic carbocycles. The van der Waals surface area contributed by atoms with E-state index in [4.69, 9.17) is 4.74 Å². The lowest BCUT2D eigenvalue weighted by Gasteiger charge is -2.09. The molecule has 1 aromatic heterocycles. The summed E-state index contributed by atoms with van der Waals surface area (Å²) < 4.78 is 32.8. The first-order chi connectivity index (χ1) is 12.0. The van der Waals surface area contributed by atoms with E-state index in [0.29, 0.717) is 25.1 Å². The second-order valence-corrected chi connectivity index (χ2v) is 7.92. The second-order valence-electron chi connectivity index (χ2n) is 5.88. The molecular weight excluding hydrogens is 342 g/mol. The highest BCUT2D eigenvalue weighted by Crippen LogP contribution is 2.27. The van der Waals surface area contributed by atoms with E-state index in [1.807, 2.05) is 31.2 Å². The summed E-state index contributed by atoms with van der Waals surface area (Å²) in [6, 6.07) is 10.5. The van der Waals surface area contributed by atoms with Crippen molar-refractivity contribution in [2.24, 2.45) is 0 Å². The van der Waals surface area contributed by atoms with Gasteiger partial charge < -0.3 is 4.74 Å². The number of benzene rings is 1. The molecule has 1 aliphatic carbocycles. The Kier molecular flexibility index (Phi) is 5.19. The van der Waals surface area contributed by atoms with E-state index >= 15 is 0 Å². The van der Waals surface area contributed by atoms with Gasteiger partial charge in [-0.3, -0.25) is 4.79 Å². The van der Waals surface area contributed by atoms with Gasteiger partial charge in [-0.25, -0.2) is 17.8 Å². The van der Waals surface area contributed by atoms with E-state index in [1.54, 1.807) is 6.07 Å². The Balaban J connectivity index is 1.70. The minimum atomic E-state index is -3.25. The van der Waals surface area contributed by atoms with Crippen LogP contribution in [0.25, 0.3) is 11.3 Å². The smallest absolute Gasteiger partial charge is 0.266 e. The largest absolute Gasteiger partial charge is 0.494 e. The molecule has 1 N–H and O–H groups in total. The Morgan fingerprint density at radius 1 is 1.20 bits per heavy atom. The van der Waals surface area contributed by atoms with E-state index < -0.39 is 10.0 Å². The van der Waals surface area contributed by atoms with Crippen molar-refractivity contribution < 1.29 is 13.2 Å². The van der Waals surface area contributed by atoms with Gasteiger partial charge in [-0.15, -0.1) is 0 Å². The summed E-state index contributed by atoms with van der Waals surface area (Å²) in [4.78, 5) is 11.9. The monoisotopic (exact) mass is 363 g/mol. The fourth-order valence-electron chi connectivity index (χ4n) is 2.44. The highest BCUT2D eigenvalue weighted by Gasteiger charge is 2.35. The standard InChI is InChI=1S/C17H21N3O4S/c1-2-24-14-5-3-13(4-6-14)16-9-10-17(21)20(19-16)12-11-18-25(22,23)15-7-8-15/h3-6,9-10,15,18H,2,7-8,11-12H2,1H3. The Hall–Kier alpha value is -2.19. The van der Waals surface area contributed by atoms with Gasteiger partial charge in [0, 0.05) is 18.2 Å². The van der Waals surface area contributed by atoms with Gasteiger partial charge in [0.2, 0.25) is 10.0 Å². The molecule has 0 aliphatic heterocycles. The van der Waals surface area contributed by atoms with Crippen LogP contribution in [0.5, 0.6) is 5.75 Å². The van der Waals surface area contributed by atoms with Crippen LogP contribution in [0.15, 0.2) is 41.2 Å². The van der Waals surface area contributed by atoms with Crippen molar-refractivity contribution >= 4 is 10.0 Å². The van der Waals surface area contributed by atoms with Crippen LogP contribution in [0.4, 0.5) is 0 Å². The maximum absolute atomic E-state index is 11.9. The summed E-state index contributed by atoms with van der Waals surface area (Å²) in [5, 5.41) is 4.06. The number of nitrogens with zero attached hydrogens (tertiary/aromatic N) is 2. The van der Waals surface area contributed by atoms with Crippen LogP contribution in [-0.2, 0) is 16.6 Å². The van der Waals surface area contributed by atoms with Crippen molar-refractivity contribution in [1.29, 1.82) is 0 Å². The zero-order chi connectivity index (χ0) is 17.9. The first kappa shape index (κ1) is 17.6. The molecule has 0 radical (unpaired) electrons. The second kappa shape index (κ2) is 7.37. The Labute approximate surface area is 146 Å². The van der Waals surface area contributed by atoms with Crippen LogP contribution in [0, 0.1) is 0 Å². The molecule has 0 saturated heterocycles. The fourth-order valence-corrected chi connectivity index (χ4v) is 3.81. The van der Waals surface area contributed by atoms with Crippen molar-refractivity contribution in [1.82, 2.24) is 14.5 Å². The number of aromatic nitrogens is 2. The molecule has 0 bridgehead atoms. The van der Waals surface area contributed by atoms with Crippen LogP contribution in [-0.4, -0.2) is 36.6 Å². The van der Waals surface area contributed by atoms with Gasteiger partial charge in [-0.2, -0.15) is 5.10 Å². The summed E-state index contributed by atoms with van der Waals surface area (Å²) in [5.41, 5.74) is 1.24. The Bertz CT molecular complexity index is 887. The number of nitrogens with one attached hydrogen (secondary N) is 1. The molecule has 134 valence electrons. The zero-order valence-electron chi connectivity index (χ0n) is 14.0. The third kappa shape index (κ3) is 4.46. The number of rotatable bonds is 8. The third-order valence-corrected chi connectivity index (χ3v) is 5.87. The zero-order valence-corrected chi connectivity index (χ0v) is 14.8. The van der Waals surface area contributed by atoms with Crippen molar-refractivity contribution in [3.63, 3.8) is 0 Å². The fraction of sp³-hybridized carbons (Fsp3) is 0.412. The number of sulfonamides is 1. The normalized spacial score (nSPS) is 14.4. The quantitative estimate of drug-likeness (QED) is 0.765. The van der Waals surface area contributed by atoms with Crippen LogP contribution >= 0.6 is 0 Å². The van der Waals surface area contributed by atoms with E-state index in [9.17, 15) is 13.2 Å². The average molecular weight is 363 g/mol. The summed E-state index contributed by atoms with van der Waals surface area (Å²) in [7, 11) is -3.25. The van der Waals surface area contributed by atoms with Gasteiger partial charge in [0.1, 0.15) is 5.75 Å². The highest BCUT2D eigenvalue weighted by atomic mass is 32.2. The van der Waals surface area contributed by atoms with Crippen LogP contribution < -0.4 is 15.0 Å². The highest BCUT2D eigenvalue weighted by molar-refractivity contribution is 7.90. The molecule has 0 amide bonds. The van der Waals surface area contributed by atoms with Gasteiger partial charge in [0.15, 0.2) is 0 Å². The summed E-state index contributed by atoms with van der Waals surface area (Å²) in [6.45, 7) is 2.86. The SMILES string of the molecule is CCOc1ccc(-c2ccc(=O)n(CCNS(=O)(=O)C3CC3)n2)cc1. The van der Waals surface area contributed by atoms with Crippen LogP contribution in [0.2, 0.25) is 0 Å². The molecule has 1 saturated carbocycles. The average Bonchev–Trinajstić information content (AvgIpc) is 3.43. The summed E-state index contributed by atoms with van der Waals surface area (Å²) in [5.74, 6) is 0.772. The molecule has 0 spiro atoms. The molecule has 1 fully saturated rings. The van der Waals surface area contributed by atoms with E-state index in [-0.39, 0.29) is 23.9 Å². The number of ether oxygens (including phenoxy) is 1. The molecule has 8 heteroatoms. The molecule has 3 rings (SSSR count). The number of hydrogen-bond donors (Lipinski definition) is 1. The summed E-state index contributed by atoms with van der Waals surface area (Å²) in [6.07, 6.45) is 1.42. The maximum atomic E-state index is 11.9. The molecule has 2 aromatic rings. The topological polar surface area (TPSA) is 90.3 Å². The van der Waals surface area contributed by atoms with Crippen molar-refractivity contribution in [2.75, 3.05) is 13.2 Å². The van der Waals surface area contributed by atoms with Gasteiger partial charge in [-0.1, -0.05) is 0 Å². The predicted molar refractivity (Wildman–Crippen MR) is 95.0 cm³/mol. The minimum absolute atomic E-state index is 0.151. The van der Waals surface area contributed by atoms with Crippen molar-refractivity contribution in [3.05, 3.63) is 46.8 Å². The third-order valence-electron chi connectivity index (χ3n) is 3.92. The van der Waals surface area contributed by atoms with Gasteiger partial charge >= 0.3 is 0 Å². The minimum Gasteiger partial charge on any atom is -0.494 e. The van der Waals surface area contributed by atoms with Crippen molar-refractivity contribution in [2.45, 2.75) is 31.6 Å². The molecule has 7 nitrogen and oxygen atoms in total. The van der Waals surface area contributed by atoms with E-state index in [0.717, 1.165) is 11.3 Å². The maximum Gasteiger partial charge on any atom is 0.266 e. The lowest BCUT2D eigenvalue weighted by atomic mass is 10.1. The van der Waals surface area contributed by atoms with Gasteiger partial charge in [0.25, 0.3) is 5.56 Å². The molecule has 1 aliphatic rings. The molecular formula is C17H21N3O4S. The molecule has 25 heavy (non-hydrogen) atoms. The lowest BCUT2D eigenvalue weighted by molar-refractivity contribution is 0.340. The van der Waals surface area contributed by atoms with Gasteiger partial charge in [-0.05, 0) is 50.1 Å². The van der Waals surface area contributed by atoms with Crippen LogP contribution in [0.1, 0.15) is 19.8 Å². The summed E-state index contributed by atoms with van der Waals surface area (Å²) >= 11 is 0. The van der Waals surface area contributed by atoms with Gasteiger partial charge in [0.05, 0.1) is 24.1 Å². The molecule has 1 heterocycles. The van der Waals surface area contributed by atoms with Crippen LogP contribution in [0.3, 0.4) is 0 Å². The Morgan fingerprint density at radius 2 is 1.92 bits per heavy atom. The lowest BCUT2D eigenvalue weighted by Crippen LogP contribution is -2.33. The van der Waals surface area contributed by atoms with Crippen molar-refractivity contribution in [3.8, 4) is 17.0 Å². The van der Waals surface area contributed by atoms with E-state index in [2.05, 4.69) is 9.82 Å². The molecule has 0 atom stereocenters.